The fraction of sp³-hybridized carbons (Fsp3) is 0.409. The number of carbonyl (C=O) groups excluding carboxylic acids is 1. The van der Waals surface area contributed by atoms with Crippen LogP contribution in [-0.4, -0.2) is 54.9 Å². The van der Waals surface area contributed by atoms with Crippen molar-refractivity contribution in [3.05, 3.63) is 65.2 Å². The van der Waals surface area contributed by atoms with Crippen LogP contribution < -0.4 is 0 Å². The van der Waals surface area contributed by atoms with Crippen LogP contribution in [0.4, 0.5) is 0 Å². The molecule has 0 aliphatic heterocycles. The first-order chi connectivity index (χ1) is 14.1. The molecule has 0 aliphatic carbocycles. The van der Waals surface area contributed by atoms with Crippen LogP contribution >= 0.6 is 10.3 Å². The van der Waals surface area contributed by atoms with Crippen LogP contribution in [0.5, 0.6) is 0 Å². The second-order valence-corrected chi connectivity index (χ2v) is 12.5. The number of aliphatic hydroxyl groups is 2. The van der Waals surface area contributed by atoms with Gasteiger partial charge in [0.05, 0.1) is 23.9 Å². The zero-order valence-corrected chi connectivity index (χ0v) is 19.2. The van der Waals surface area contributed by atoms with Gasteiger partial charge >= 0.3 is 10.1 Å². The number of rotatable bonds is 11. The van der Waals surface area contributed by atoms with Gasteiger partial charge in [0.25, 0.3) is 0 Å². The average molecular weight is 455 g/mol. The normalized spacial score (nSPS) is 12.9. The largest absolute Gasteiger partial charge is 0.395 e. The second kappa shape index (κ2) is 10.5. The summed E-state index contributed by atoms with van der Waals surface area (Å²) in [7, 11) is -6.79. The Labute approximate surface area is 180 Å². The summed E-state index contributed by atoms with van der Waals surface area (Å²) in [4.78, 5) is 12.9. The van der Waals surface area contributed by atoms with E-state index < -0.39 is 20.4 Å². The molecule has 0 amide bonds. The third kappa shape index (κ3) is 6.39. The lowest BCUT2D eigenvalue weighted by molar-refractivity contribution is 0.102. The van der Waals surface area contributed by atoms with Gasteiger partial charge in [0.15, 0.2) is 5.78 Å². The van der Waals surface area contributed by atoms with Crippen LogP contribution in [0.3, 0.4) is 0 Å². The van der Waals surface area contributed by atoms with Crippen molar-refractivity contribution in [1.29, 1.82) is 0 Å². The van der Waals surface area contributed by atoms with Gasteiger partial charge in [-0.15, -0.1) is 10.3 Å². The molecule has 0 bridgehead atoms. The topological polar surface area (TPSA) is 101 Å². The summed E-state index contributed by atoms with van der Waals surface area (Å²) < 4.78 is 31.3. The van der Waals surface area contributed by atoms with Crippen LogP contribution in [0.2, 0.25) is 0 Å². The lowest BCUT2D eigenvalue weighted by Gasteiger charge is -2.36. The third-order valence-electron chi connectivity index (χ3n) is 4.76. The average Bonchev–Trinajstić information content (AvgIpc) is 2.68. The highest BCUT2D eigenvalue weighted by molar-refractivity contribution is 8.33. The first-order valence-corrected chi connectivity index (χ1v) is 13.2. The van der Waals surface area contributed by atoms with Crippen LogP contribution in [0.15, 0.2) is 53.4 Å². The predicted octanol–water partition coefficient (Wildman–Crippen LogP) is 3.41. The van der Waals surface area contributed by atoms with Gasteiger partial charge in [-0.1, -0.05) is 55.8 Å². The molecule has 0 spiro atoms. The summed E-state index contributed by atoms with van der Waals surface area (Å²) in [6.07, 6.45) is 0. The maximum atomic E-state index is 12.9. The summed E-state index contributed by atoms with van der Waals surface area (Å²) in [6.45, 7) is 5.25. The Bertz CT molecular complexity index is 929. The summed E-state index contributed by atoms with van der Waals surface area (Å²) in [5.74, 6) is -0.185. The Morgan fingerprint density at radius 3 is 1.93 bits per heavy atom. The van der Waals surface area contributed by atoms with Crippen molar-refractivity contribution < 1.29 is 27.1 Å². The van der Waals surface area contributed by atoms with Crippen molar-refractivity contribution in [2.24, 2.45) is 0 Å². The van der Waals surface area contributed by atoms with Gasteiger partial charge in [0.2, 0.25) is 0 Å². The van der Waals surface area contributed by atoms with E-state index in [1.807, 2.05) is 19.1 Å². The molecule has 0 saturated carbocycles. The van der Waals surface area contributed by atoms with Crippen molar-refractivity contribution in [3.63, 3.8) is 0 Å². The van der Waals surface area contributed by atoms with Gasteiger partial charge in [-0.25, -0.2) is 3.63 Å². The van der Waals surface area contributed by atoms with Crippen molar-refractivity contribution in [2.75, 3.05) is 30.5 Å². The molecule has 0 saturated heterocycles. The van der Waals surface area contributed by atoms with E-state index in [0.29, 0.717) is 11.5 Å². The number of benzene rings is 2. The molecule has 0 aromatic heterocycles. The quantitative estimate of drug-likeness (QED) is 0.505. The molecule has 0 unspecified atom stereocenters. The minimum absolute atomic E-state index is 0.0189. The molecule has 8 heteroatoms. The van der Waals surface area contributed by atoms with E-state index in [4.69, 9.17) is 3.63 Å². The van der Waals surface area contributed by atoms with E-state index >= 15 is 0 Å². The van der Waals surface area contributed by atoms with E-state index in [0.717, 1.165) is 11.1 Å². The molecule has 30 heavy (non-hydrogen) atoms. The van der Waals surface area contributed by atoms with Gasteiger partial charge < -0.3 is 10.2 Å². The maximum absolute atomic E-state index is 12.9. The Morgan fingerprint density at radius 1 is 0.933 bits per heavy atom. The summed E-state index contributed by atoms with van der Waals surface area (Å²) in [5, 5.41) is 19.1. The van der Waals surface area contributed by atoms with Crippen LogP contribution in [-0.2, 0) is 13.7 Å². The molecular weight excluding hydrogens is 424 g/mol. The Hall–Kier alpha value is -1.71. The summed E-state index contributed by atoms with van der Waals surface area (Å²) >= 11 is 0. The van der Waals surface area contributed by atoms with Gasteiger partial charge in [0, 0.05) is 17.1 Å². The van der Waals surface area contributed by atoms with Gasteiger partial charge in [0.1, 0.15) is 0 Å². The van der Waals surface area contributed by atoms with Crippen LogP contribution in [0.1, 0.15) is 41.3 Å². The Balaban J connectivity index is 2.33. The molecule has 0 heterocycles. The Kier molecular flexibility index (Phi) is 8.63. The van der Waals surface area contributed by atoms with E-state index in [-0.39, 0.29) is 41.2 Å². The number of ketones is 1. The minimum Gasteiger partial charge on any atom is -0.395 e. The lowest BCUT2D eigenvalue weighted by atomic mass is 10.0. The molecule has 0 radical (unpaired) electrons. The summed E-state index contributed by atoms with van der Waals surface area (Å²) in [5.41, 5.74) is 2.44. The van der Waals surface area contributed by atoms with E-state index in [1.165, 1.54) is 12.1 Å². The predicted molar refractivity (Wildman–Crippen MR) is 121 cm³/mol. The van der Waals surface area contributed by atoms with Crippen LogP contribution in [0.25, 0.3) is 0 Å². The zero-order valence-electron chi connectivity index (χ0n) is 17.6. The number of hydrogen-bond acceptors (Lipinski definition) is 6. The van der Waals surface area contributed by atoms with E-state index in [9.17, 15) is 23.4 Å². The smallest absolute Gasteiger partial charge is 0.306 e. The minimum atomic E-state index is -4.16. The summed E-state index contributed by atoms with van der Waals surface area (Å²) in [6, 6.07) is 13.4. The zero-order chi connectivity index (χ0) is 22.4. The van der Waals surface area contributed by atoms with Crippen LogP contribution in [0, 0.1) is 6.92 Å². The number of aliphatic hydroxyl groups excluding tert-OH is 2. The molecule has 166 valence electrons. The SMILES string of the molecule is Cc1ccc(S(=O)(=O)OS(CCO)(CCO)CC(=O)c2ccc(C(C)C)cc2)cc1. The van der Waals surface area contributed by atoms with E-state index in [1.54, 1.807) is 24.3 Å². The fourth-order valence-electron chi connectivity index (χ4n) is 2.98. The maximum Gasteiger partial charge on any atom is 0.306 e. The first-order valence-electron chi connectivity index (χ1n) is 9.76. The number of Topliss-reactive ketones (excluding diaryl/α,β-unsaturated/α-hetero) is 1. The highest BCUT2D eigenvalue weighted by atomic mass is 32.3. The van der Waals surface area contributed by atoms with Gasteiger partial charge in [-0.2, -0.15) is 8.42 Å². The van der Waals surface area contributed by atoms with Crippen molar-refractivity contribution in [2.45, 2.75) is 31.6 Å². The molecule has 0 fully saturated rings. The fourth-order valence-corrected chi connectivity index (χ4v) is 7.83. The highest BCUT2D eigenvalue weighted by Crippen LogP contribution is 2.51. The van der Waals surface area contributed by atoms with E-state index in [2.05, 4.69) is 13.8 Å². The number of hydrogen-bond donors (Lipinski definition) is 2. The molecular formula is C22H30O6S2. The van der Waals surface area contributed by atoms with Gasteiger partial charge in [-0.05, 0) is 30.5 Å². The molecule has 2 rings (SSSR count). The lowest BCUT2D eigenvalue weighted by Crippen LogP contribution is -2.27. The first kappa shape index (κ1) is 24.6. The monoisotopic (exact) mass is 454 g/mol. The molecule has 2 aromatic rings. The van der Waals surface area contributed by atoms with Crippen molar-refractivity contribution in [1.82, 2.24) is 0 Å². The number of aryl methyl sites for hydroxylation is 1. The molecule has 0 atom stereocenters. The standard InChI is InChI=1S/C22H30O6S2/c1-17(2)19-6-8-20(9-7-19)22(25)16-29(14-12-23,15-13-24)28-30(26,27)21-10-4-18(3)5-11-21/h4-11,17,23-24H,12-16H2,1-3H3. The van der Waals surface area contributed by atoms with Crippen molar-refractivity contribution >= 4 is 26.2 Å². The Morgan fingerprint density at radius 2 is 1.47 bits per heavy atom. The highest BCUT2D eigenvalue weighted by Gasteiger charge is 2.34. The van der Waals surface area contributed by atoms with Crippen molar-refractivity contribution in [3.8, 4) is 0 Å². The molecule has 0 aliphatic rings. The molecule has 2 N–H and O–H groups in total. The molecule has 2 aromatic carbocycles. The third-order valence-corrected chi connectivity index (χ3v) is 10.1. The number of carbonyl (C=O) groups is 1. The molecule has 6 nitrogen and oxygen atoms in total. The van der Waals surface area contributed by atoms with Gasteiger partial charge in [-0.3, -0.25) is 4.79 Å². The second-order valence-electron chi connectivity index (χ2n) is 7.50.